The number of hydrogen-bond donors (Lipinski definition) is 1. The summed E-state index contributed by atoms with van der Waals surface area (Å²) in [5.41, 5.74) is 1.28. The van der Waals surface area contributed by atoms with Gasteiger partial charge in [-0.2, -0.15) is 10.4 Å². The zero-order valence-electron chi connectivity index (χ0n) is 22.2. The summed E-state index contributed by atoms with van der Waals surface area (Å²) in [6.07, 6.45) is 1.79. The third kappa shape index (κ3) is 5.03. The lowest BCUT2D eigenvalue weighted by molar-refractivity contribution is -0.148. The smallest absolute Gasteiger partial charge is 0.254 e. The highest BCUT2D eigenvalue weighted by Gasteiger charge is 2.32. The number of nitrogens with zero attached hydrogens (tertiary/aromatic N) is 8. The van der Waals surface area contributed by atoms with E-state index in [9.17, 15) is 19.6 Å². The number of carbonyl (C=O) groups is 1. The van der Waals surface area contributed by atoms with Crippen molar-refractivity contribution in [1.29, 1.82) is 5.26 Å². The van der Waals surface area contributed by atoms with Crippen LogP contribution in [0.5, 0.6) is 0 Å². The zero-order chi connectivity index (χ0) is 27.9. The highest BCUT2D eigenvalue weighted by Crippen LogP contribution is 2.38. The number of thiazole rings is 1. The Morgan fingerprint density at radius 2 is 1.92 bits per heavy atom. The van der Waals surface area contributed by atoms with E-state index in [1.807, 2.05) is 29.6 Å². The number of carbonyl (C=O) groups excluding carboxylic acids is 1. The number of anilines is 3. The summed E-state index contributed by atoms with van der Waals surface area (Å²) >= 11 is 1.26. The lowest BCUT2D eigenvalue weighted by atomic mass is 10.1. The van der Waals surface area contributed by atoms with Crippen LogP contribution in [0.4, 0.5) is 21.0 Å². The van der Waals surface area contributed by atoms with Crippen LogP contribution in [0.2, 0.25) is 0 Å². The molecule has 0 atom stereocenters. The first-order valence-electron chi connectivity index (χ1n) is 12.6. The average Bonchev–Trinajstić information content (AvgIpc) is 3.53. The highest BCUT2D eigenvalue weighted by atomic mass is 32.1. The van der Waals surface area contributed by atoms with E-state index in [0.717, 1.165) is 16.9 Å². The van der Waals surface area contributed by atoms with E-state index >= 15 is 0 Å². The van der Waals surface area contributed by atoms with Gasteiger partial charge in [0.05, 0.1) is 17.3 Å². The predicted molar refractivity (Wildman–Crippen MR) is 149 cm³/mol. The molecule has 0 bridgehead atoms. The Balaban J connectivity index is 1.47. The predicted octanol–water partition coefficient (Wildman–Crippen LogP) is 3.77. The van der Waals surface area contributed by atoms with Gasteiger partial charge in [-0.1, -0.05) is 11.3 Å². The third-order valence-electron chi connectivity index (χ3n) is 6.75. The van der Waals surface area contributed by atoms with E-state index < -0.39 is 5.60 Å². The molecular weight excluding hydrogens is 519 g/mol. The second-order valence-electron chi connectivity index (χ2n) is 9.89. The number of fused-ring (bicyclic) bond motifs is 1. The number of aliphatic hydroxyl groups is 1. The summed E-state index contributed by atoms with van der Waals surface area (Å²) in [6, 6.07) is 10.2. The molecule has 202 valence electrons. The van der Waals surface area contributed by atoms with Crippen molar-refractivity contribution < 1.29 is 14.3 Å². The summed E-state index contributed by atoms with van der Waals surface area (Å²) in [6.45, 7) is 7.84. The quantitative estimate of drug-likeness (QED) is 0.387. The van der Waals surface area contributed by atoms with E-state index in [4.69, 9.17) is 4.98 Å². The van der Waals surface area contributed by atoms with Crippen LogP contribution in [0.25, 0.3) is 22.3 Å². The van der Waals surface area contributed by atoms with Crippen LogP contribution in [0.1, 0.15) is 25.6 Å². The molecule has 0 saturated carbocycles. The van der Waals surface area contributed by atoms with Gasteiger partial charge in [0, 0.05) is 45.3 Å². The third-order valence-corrected chi connectivity index (χ3v) is 7.78. The number of aryl methyl sites for hydroxylation is 1. The molecule has 1 aliphatic rings. The number of benzene rings is 1. The van der Waals surface area contributed by atoms with Crippen molar-refractivity contribution in [2.45, 2.75) is 32.9 Å². The first-order valence-corrected chi connectivity index (χ1v) is 13.5. The molecule has 1 aliphatic heterocycles. The minimum absolute atomic E-state index is 0.274. The van der Waals surface area contributed by atoms with Crippen LogP contribution in [0.3, 0.4) is 0 Å². The van der Waals surface area contributed by atoms with Crippen molar-refractivity contribution in [3.63, 3.8) is 0 Å². The number of amides is 1. The van der Waals surface area contributed by atoms with Gasteiger partial charge in [-0.25, -0.2) is 19.0 Å². The maximum Gasteiger partial charge on any atom is 0.254 e. The fourth-order valence-corrected chi connectivity index (χ4v) is 5.56. The number of aromatic nitrogens is 4. The molecule has 10 nitrogen and oxygen atoms in total. The van der Waals surface area contributed by atoms with E-state index in [1.165, 1.54) is 37.3 Å². The molecule has 0 aliphatic carbocycles. The molecule has 12 heteroatoms. The Morgan fingerprint density at radius 1 is 1.23 bits per heavy atom. The molecule has 4 aromatic rings. The molecule has 0 unspecified atom stereocenters. The molecular formula is C27H29FN8O2S. The van der Waals surface area contributed by atoms with Crippen LogP contribution >= 0.6 is 11.3 Å². The Hall–Kier alpha value is -4.08. The SMILES string of the molecule is CCn1nc2ncc(N3CCN(C(=O)C(C)(C)O)CC3)cc2c1N(C)c1nc(-c2ccc(F)cc2)c(C#N)s1. The summed E-state index contributed by atoms with van der Waals surface area (Å²) in [4.78, 5) is 28.0. The lowest BCUT2D eigenvalue weighted by Crippen LogP contribution is -2.54. The van der Waals surface area contributed by atoms with Crippen molar-refractivity contribution >= 4 is 44.9 Å². The number of rotatable bonds is 6. The normalized spacial score (nSPS) is 14.1. The largest absolute Gasteiger partial charge is 0.381 e. The van der Waals surface area contributed by atoms with Crippen LogP contribution in [-0.4, -0.2) is 74.5 Å². The lowest BCUT2D eigenvalue weighted by Gasteiger charge is -2.38. The van der Waals surface area contributed by atoms with Gasteiger partial charge in [-0.15, -0.1) is 0 Å². The van der Waals surface area contributed by atoms with Crippen molar-refractivity contribution in [1.82, 2.24) is 24.6 Å². The zero-order valence-corrected chi connectivity index (χ0v) is 23.0. The van der Waals surface area contributed by atoms with Gasteiger partial charge in [-0.05, 0) is 51.1 Å². The molecule has 1 aromatic carbocycles. The van der Waals surface area contributed by atoms with E-state index in [0.29, 0.717) is 59.6 Å². The summed E-state index contributed by atoms with van der Waals surface area (Å²) in [5.74, 6) is 0.169. The van der Waals surface area contributed by atoms with E-state index in [2.05, 4.69) is 21.1 Å². The molecule has 3 aromatic heterocycles. The highest BCUT2D eigenvalue weighted by molar-refractivity contribution is 7.16. The number of piperazine rings is 1. The maximum atomic E-state index is 13.5. The molecule has 4 heterocycles. The second-order valence-corrected chi connectivity index (χ2v) is 10.9. The van der Waals surface area contributed by atoms with Crippen molar-refractivity contribution in [3.05, 3.63) is 47.2 Å². The van der Waals surface area contributed by atoms with Gasteiger partial charge in [0.25, 0.3) is 5.91 Å². The molecule has 1 fully saturated rings. The molecule has 1 amide bonds. The number of halogens is 1. The number of hydrogen-bond acceptors (Lipinski definition) is 9. The van der Waals surface area contributed by atoms with Gasteiger partial charge >= 0.3 is 0 Å². The fraction of sp³-hybridized carbons (Fsp3) is 0.370. The van der Waals surface area contributed by atoms with Crippen molar-refractivity contribution in [2.24, 2.45) is 0 Å². The fourth-order valence-electron chi connectivity index (χ4n) is 4.72. The van der Waals surface area contributed by atoms with E-state index in [-0.39, 0.29) is 11.7 Å². The van der Waals surface area contributed by atoms with Crippen LogP contribution in [0.15, 0.2) is 36.5 Å². The first-order chi connectivity index (χ1) is 18.6. The Morgan fingerprint density at radius 3 is 2.54 bits per heavy atom. The monoisotopic (exact) mass is 548 g/mol. The molecule has 0 spiro atoms. The molecule has 0 radical (unpaired) electrons. The molecule has 1 N–H and O–H groups in total. The summed E-state index contributed by atoms with van der Waals surface area (Å²) < 4.78 is 15.3. The van der Waals surface area contributed by atoms with Gasteiger partial charge in [0.15, 0.2) is 10.8 Å². The van der Waals surface area contributed by atoms with Crippen LogP contribution < -0.4 is 9.80 Å². The standard InChI is InChI=1S/C27H29FN8O2S/c1-5-36-24(33(4)26-31-22(21(15-29)39-26)17-6-8-18(28)9-7-17)20-14-19(16-30-23(20)32-36)34-10-12-35(13-11-34)25(37)27(2,3)38/h6-9,14,16,38H,5,10-13H2,1-4H3. The minimum atomic E-state index is -1.39. The van der Waals surface area contributed by atoms with Crippen molar-refractivity contribution in [2.75, 3.05) is 43.0 Å². The first kappa shape index (κ1) is 26.5. The Bertz CT molecular complexity index is 1560. The Labute approximate surface area is 229 Å². The molecule has 5 rings (SSSR count). The summed E-state index contributed by atoms with van der Waals surface area (Å²) in [7, 11) is 1.88. The topological polar surface area (TPSA) is 114 Å². The molecule has 1 saturated heterocycles. The van der Waals surface area contributed by atoms with Gasteiger partial charge in [0.1, 0.15) is 33.9 Å². The summed E-state index contributed by atoms with van der Waals surface area (Å²) in [5, 5.41) is 26.0. The van der Waals surface area contributed by atoms with Gasteiger partial charge in [0.2, 0.25) is 0 Å². The van der Waals surface area contributed by atoms with Gasteiger partial charge in [-0.3, -0.25) is 4.79 Å². The van der Waals surface area contributed by atoms with Gasteiger partial charge < -0.3 is 19.8 Å². The van der Waals surface area contributed by atoms with Crippen molar-refractivity contribution in [3.8, 4) is 17.3 Å². The average molecular weight is 549 g/mol. The Kier molecular flexibility index (Phi) is 6.96. The number of nitriles is 1. The second kappa shape index (κ2) is 10.2. The maximum absolute atomic E-state index is 13.5. The van der Waals surface area contributed by atoms with Crippen LogP contribution in [-0.2, 0) is 11.3 Å². The van der Waals surface area contributed by atoms with E-state index in [1.54, 1.807) is 23.2 Å². The number of pyridine rings is 1. The molecule has 39 heavy (non-hydrogen) atoms. The van der Waals surface area contributed by atoms with Crippen LogP contribution in [0, 0.1) is 17.1 Å². The minimum Gasteiger partial charge on any atom is -0.381 e.